The van der Waals surface area contributed by atoms with Crippen LogP contribution in [-0.2, 0) is 12.3 Å². The van der Waals surface area contributed by atoms with Crippen LogP contribution in [0.4, 0.5) is 0 Å². The summed E-state index contributed by atoms with van der Waals surface area (Å²) in [6.45, 7) is 0.261. The molecule has 0 aliphatic heterocycles. The van der Waals surface area contributed by atoms with Crippen molar-refractivity contribution in [3.8, 4) is 0 Å². The van der Waals surface area contributed by atoms with Gasteiger partial charge in [0.05, 0.1) is 0 Å². The van der Waals surface area contributed by atoms with Gasteiger partial charge >= 0.3 is 0 Å². The molecule has 0 amide bonds. The molecule has 0 saturated carbocycles. The molecule has 0 atom stereocenters. The summed E-state index contributed by atoms with van der Waals surface area (Å²) in [5, 5.41) is 8.61. The van der Waals surface area contributed by atoms with Crippen LogP contribution in [-0.4, -0.2) is 11.7 Å². The Balaban J connectivity index is 2.53. The second-order valence-electron chi connectivity index (χ2n) is 2.78. The molecule has 66 valence electrons. The van der Waals surface area contributed by atoms with Gasteiger partial charge in [-0.3, -0.25) is 0 Å². The minimum absolute atomic E-state index is 0.261. The van der Waals surface area contributed by atoms with Crippen LogP contribution in [0.2, 0.25) is 0 Å². The van der Waals surface area contributed by atoms with Gasteiger partial charge in [0.2, 0.25) is 0 Å². The average molecular weight is 185 g/mol. The molecule has 0 unspecified atom stereocenters. The van der Waals surface area contributed by atoms with Crippen molar-refractivity contribution in [1.82, 2.24) is 0 Å². The standard InChI is InChI=1S/C10H13ClO/c11-8-10-5-3-9(4-6-10)2-1-7-12/h3-6,12H,1-2,7-8H2. The van der Waals surface area contributed by atoms with Crippen molar-refractivity contribution in [3.63, 3.8) is 0 Å². The van der Waals surface area contributed by atoms with E-state index >= 15 is 0 Å². The molecule has 0 aliphatic carbocycles. The number of hydrogen-bond acceptors (Lipinski definition) is 1. The van der Waals surface area contributed by atoms with E-state index in [1.165, 1.54) is 5.56 Å². The average Bonchev–Trinajstić information content (AvgIpc) is 2.15. The molecular weight excluding hydrogens is 172 g/mol. The summed E-state index contributed by atoms with van der Waals surface area (Å²) >= 11 is 5.64. The van der Waals surface area contributed by atoms with E-state index in [1.807, 2.05) is 12.1 Å². The maximum Gasteiger partial charge on any atom is 0.0474 e. The summed E-state index contributed by atoms with van der Waals surface area (Å²) in [4.78, 5) is 0. The third kappa shape index (κ3) is 2.84. The Morgan fingerprint density at radius 2 is 1.67 bits per heavy atom. The molecule has 0 fully saturated rings. The van der Waals surface area contributed by atoms with Crippen molar-refractivity contribution in [2.75, 3.05) is 6.61 Å². The van der Waals surface area contributed by atoms with Gasteiger partial charge in [0, 0.05) is 12.5 Å². The largest absolute Gasteiger partial charge is 0.396 e. The highest BCUT2D eigenvalue weighted by Crippen LogP contribution is 2.08. The van der Waals surface area contributed by atoms with Crippen LogP contribution in [0, 0.1) is 0 Å². The van der Waals surface area contributed by atoms with Crippen molar-refractivity contribution in [3.05, 3.63) is 35.4 Å². The Bertz CT molecular complexity index is 218. The summed E-state index contributed by atoms with van der Waals surface area (Å²) in [6, 6.07) is 8.18. The van der Waals surface area contributed by atoms with Crippen molar-refractivity contribution in [2.24, 2.45) is 0 Å². The van der Waals surface area contributed by atoms with Crippen LogP contribution >= 0.6 is 11.6 Å². The number of halogens is 1. The molecular formula is C10H13ClO. The van der Waals surface area contributed by atoms with Crippen LogP contribution in [0.1, 0.15) is 17.5 Å². The fourth-order valence-electron chi connectivity index (χ4n) is 1.08. The van der Waals surface area contributed by atoms with E-state index in [4.69, 9.17) is 16.7 Å². The van der Waals surface area contributed by atoms with E-state index in [0.29, 0.717) is 5.88 Å². The van der Waals surface area contributed by atoms with Gasteiger partial charge in [0.25, 0.3) is 0 Å². The van der Waals surface area contributed by atoms with E-state index in [1.54, 1.807) is 0 Å². The van der Waals surface area contributed by atoms with Gasteiger partial charge in [-0.1, -0.05) is 24.3 Å². The minimum atomic E-state index is 0.261. The molecule has 0 aromatic heterocycles. The number of alkyl halides is 1. The summed E-state index contributed by atoms with van der Waals surface area (Å²) in [6.07, 6.45) is 1.78. The third-order valence-corrected chi connectivity index (χ3v) is 2.11. The van der Waals surface area contributed by atoms with Crippen molar-refractivity contribution >= 4 is 11.6 Å². The van der Waals surface area contributed by atoms with E-state index in [2.05, 4.69) is 12.1 Å². The lowest BCUT2D eigenvalue weighted by atomic mass is 10.1. The normalized spacial score (nSPS) is 10.2. The van der Waals surface area contributed by atoms with E-state index in [-0.39, 0.29) is 6.61 Å². The zero-order valence-electron chi connectivity index (χ0n) is 6.96. The SMILES string of the molecule is OCCCc1ccc(CCl)cc1. The van der Waals surface area contributed by atoms with Gasteiger partial charge < -0.3 is 5.11 Å². The maximum atomic E-state index is 8.61. The number of hydrogen-bond donors (Lipinski definition) is 1. The lowest BCUT2D eigenvalue weighted by molar-refractivity contribution is 0.288. The van der Waals surface area contributed by atoms with Crippen molar-refractivity contribution < 1.29 is 5.11 Å². The minimum Gasteiger partial charge on any atom is -0.396 e. The smallest absolute Gasteiger partial charge is 0.0474 e. The molecule has 0 radical (unpaired) electrons. The summed E-state index contributed by atoms with van der Waals surface area (Å²) in [7, 11) is 0. The summed E-state index contributed by atoms with van der Waals surface area (Å²) in [5.41, 5.74) is 2.40. The van der Waals surface area contributed by atoms with Crippen LogP contribution in [0.25, 0.3) is 0 Å². The zero-order valence-corrected chi connectivity index (χ0v) is 7.72. The molecule has 2 heteroatoms. The fourth-order valence-corrected chi connectivity index (χ4v) is 1.26. The summed E-state index contributed by atoms with van der Waals surface area (Å²) in [5.74, 6) is 0.570. The number of aryl methyl sites for hydroxylation is 1. The first-order valence-electron chi connectivity index (χ1n) is 4.11. The molecule has 0 bridgehead atoms. The quantitative estimate of drug-likeness (QED) is 0.713. The fraction of sp³-hybridized carbons (Fsp3) is 0.400. The van der Waals surface area contributed by atoms with Gasteiger partial charge in [-0.15, -0.1) is 11.6 Å². The zero-order chi connectivity index (χ0) is 8.81. The Hall–Kier alpha value is -0.530. The van der Waals surface area contributed by atoms with Crippen LogP contribution in [0.3, 0.4) is 0 Å². The molecule has 0 saturated heterocycles. The van der Waals surface area contributed by atoms with E-state index in [9.17, 15) is 0 Å². The Morgan fingerprint density at radius 1 is 1.08 bits per heavy atom. The number of benzene rings is 1. The summed E-state index contributed by atoms with van der Waals surface area (Å²) < 4.78 is 0. The van der Waals surface area contributed by atoms with Crippen LogP contribution in [0.15, 0.2) is 24.3 Å². The first kappa shape index (κ1) is 9.56. The van der Waals surface area contributed by atoms with E-state index in [0.717, 1.165) is 18.4 Å². The molecule has 1 aromatic carbocycles. The van der Waals surface area contributed by atoms with Crippen LogP contribution < -0.4 is 0 Å². The van der Waals surface area contributed by atoms with Crippen molar-refractivity contribution in [1.29, 1.82) is 0 Å². The molecule has 12 heavy (non-hydrogen) atoms. The predicted molar refractivity (Wildman–Crippen MR) is 51.4 cm³/mol. The molecule has 1 rings (SSSR count). The third-order valence-electron chi connectivity index (χ3n) is 1.80. The topological polar surface area (TPSA) is 20.2 Å². The van der Waals surface area contributed by atoms with Gasteiger partial charge in [-0.05, 0) is 24.0 Å². The molecule has 1 N–H and O–H groups in total. The van der Waals surface area contributed by atoms with Gasteiger partial charge in [-0.2, -0.15) is 0 Å². The maximum absolute atomic E-state index is 8.61. The van der Waals surface area contributed by atoms with Gasteiger partial charge in [0.1, 0.15) is 0 Å². The molecule has 0 spiro atoms. The predicted octanol–water partition coefficient (Wildman–Crippen LogP) is 2.35. The Labute approximate surface area is 78.0 Å². The first-order valence-corrected chi connectivity index (χ1v) is 4.65. The Kier molecular flexibility index (Phi) is 4.12. The molecule has 1 nitrogen and oxygen atoms in total. The second kappa shape index (κ2) is 5.18. The van der Waals surface area contributed by atoms with Gasteiger partial charge in [-0.25, -0.2) is 0 Å². The highest BCUT2D eigenvalue weighted by atomic mass is 35.5. The number of aliphatic hydroxyl groups is 1. The van der Waals surface area contributed by atoms with E-state index < -0.39 is 0 Å². The van der Waals surface area contributed by atoms with Crippen molar-refractivity contribution in [2.45, 2.75) is 18.7 Å². The van der Waals surface area contributed by atoms with Crippen LogP contribution in [0.5, 0.6) is 0 Å². The van der Waals surface area contributed by atoms with Gasteiger partial charge in [0.15, 0.2) is 0 Å². The molecule has 1 aromatic rings. The highest BCUT2D eigenvalue weighted by molar-refractivity contribution is 6.17. The lowest BCUT2D eigenvalue weighted by Crippen LogP contribution is -1.89. The molecule has 0 aliphatic rings. The Morgan fingerprint density at radius 3 is 2.17 bits per heavy atom. The second-order valence-corrected chi connectivity index (χ2v) is 3.04. The molecule has 0 heterocycles. The number of aliphatic hydroxyl groups excluding tert-OH is 1. The highest BCUT2D eigenvalue weighted by Gasteiger charge is 1.92. The first-order chi connectivity index (χ1) is 5.86. The number of rotatable bonds is 4. The monoisotopic (exact) mass is 184 g/mol. The lowest BCUT2D eigenvalue weighted by Gasteiger charge is -2.00.